The van der Waals surface area contributed by atoms with Gasteiger partial charge in [-0.25, -0.2) is 0 Å². The summed E-state index contributed by atoms with van der Waals surface area (Å²) in [5, 5.41) is 2.74. The van der Waals surface area contributed by atoms with E-state index in [-0.39, 0.29) is 24.7 Å². The molecule has 0 saturated carbocycles. The number of nitrogens with one attached hydrogen (secondary N) is 1. The van der Waals surface area contributed by atoms with Crippen LogP contribution in [0.2, 0.25) is 5.02 Å². The molecule has 0 aliphatic carbocycles. The van der Waals surface area contributed by atoms with E-state index in [4.69, 9.17) is 22.1 Å². The second-order valence-electron chi connectivity index (χ2n) is 4.06. The van der Waals surface area contributed by atoms with Crippen LogP contribution in [0.5, 0.6) is 0 Å². The predicted molar refractivity (Wildman–Crippen MR) is 70.6 cm³/mol. The summed E-state index contributed by atoms with van der Waals surface area (Å²) in [6.07, 6.45) is -5.32. The van der Waals surface area contributed by atoms with Crippen molar-refractivity contribution in [3.8, 4) is 0 Å². The fraction of sp³-hybridized carbons (Fsp3) is 0.417. The van der Waals surface area contributed by atoms with Gasteiger partial charge in [-0.05, 0) is 24.6 Å². The van der Waals surface area contributed by atoms with Crippen molar-refractivity contribution in [1.82, 2.24) is 0 Å². The third-order valence-corrected chi connectivity index (χ3v) is 2.56. The van der Waals surface area contributed by atoms with Crippen LogP contribution in [0.15, 0.2) is 18.2 Å². The van der Waals surface area contributed by atoms with Crippen LogP contribution in [-0.2, 0) is 9.53 Å². The Kier molecular flexibility index (Phi) is 6.09. The Balaban J connectivity index is 2.27. The van der Waals surface area contributed by atoms with Crippen molar-refractivity contribution in [3.05, 3.63) is 23.2 Å². The van der Waals surface area contributed by atoms with E-state index in [1.165, 1.54) is 12.1 Å². The van der Waals surface area contributed by atoms with Crippen LogP contribution in [0.4, 0.5) is 24.5 Å². The summed E-state index contributed by atoms with van der Waals surface area (Å²) in [6, 6.07) is 4.56. The summed E-state index contributed by atoms with van der Waals surface area (Å²) in [4.78, 5) is 11.5. The molecule has 0 bridgehead atoms. The van der Waals surface area contributed by atoms with Gasteiger partial charge in [-0.3, -0.25) is 4.79 Å². The highest BCUT2D eigenvalue weighted by Crippen LogP contribution is 2.24. The van der Waals surface area contributed by atoms with Crippen molar-refractivity contribution in [2.45, 2.75) is 19.0 Å². The molecular weight excluding hydrogens is 297 g/mol. The zero-order chi connectivity index (χ0) is 15.2. The first-order valence-electron chi connectivity index (χ1n) is 5.77. The van der Waals surface area contributed by atoms with E-state index in [0.717, 1.165) is 0 Å². The number of anilines is 2. The van der Waals surface area contributed by atoms with E-state index < -0.39 is 18.5 Å². The van der Waals surface area contributed by atoms with Crippen molar-refractivity contribution in [1.29, 1.82) is 0 Å². The minimum absolute atomic E-state index is 0.137. The molecule has 1 rings (SSSR count). The van der Waals surface area contributed by atoms with Crippen LogP contribution in [0, 0.1) is 0 Å². The minimum atomic E-state index is -4.21. The Labute approximate surface area is 119 Å². The summed E-state index contributed by atoms with van der Waals surface area (Å²) < 4.78 is 40.4. The molecule has 0 radical (unpaired) electrons. The maximum Gasteiger partial charge on any atom is 0.389 e. The lowest BCUT2D eigenvalue weighted by atomic mass is 10.3. The first-order chi connectivity index (χ1) is 9.28. The Morgan fingerprint density at radius 3 is 2.70 bits per heavy atom. The van der Waals surface area contributed by atoms with Gasteiger partial charge in [0.2, 0.25) is 5.91 Å². The number of hydrogen-bond donors (Lipinski definition) is 2. The van der Waals surface area contributed by atoms with Gasteiger partial charge < -0.3 is 15.8 Å². The highest BCUT2D eigenvalue weighted by Gasteiger charge is 2.25. The molecule has 0 heterocycles. The Morgan fingerprint density at radius 2 is 2.10 bits per heavy atom. The smallest absolute Gasteiger partial charge is 0.389 e. The molecule has 20 heavy (non-hydrogen) atoms. The quantitative estimate of drug-likeness (QED) is 0.626. The maximum absolute atomic E-state index is 11.8. The molecule has 0 fully saturated rings. The normalized spacial score (nSPS) is 11.4. The molecule has 1 aromatic rings. The molecule has 1 aromatic carbocycles. The molecular formula is C12H14ClF3N2O2. The van der Waals surface area contributed by atoms with E-state index >= 15 is 0 Å². The van der Waals surface area contributed by atoms with Crippen LogP contribution < -0.4 is 11.1 Å². The number of amides is 1. The van der Waals surface area contributed by atoms with Crippen molar-refractivity contribution < 1.29 is 22.7 Å². The van der Waals surface area contributed by atoms with Crippen molar-refractivity contribution in [2.24, 2.45) is 0 Å². The number of benzene rings is 1. The predicted octanol–water partition coefficient (Wildman–Crippen LogP) is 3.22. The fourth-order valence-electron chi connectivity index (χ4n) is 1.36. The van der Waals surface area contributed by atoms with E-state index in [0.29, 0.717) is 11.4 Å². The first-order valence-corrected chi connectivity index (χ1v) is 6.15. The monoisotopic (exact) mass is 310 g/mol. The number of nitrogen functional groups attached to an aromatic ring is 1. The highest BCUT2D eigenvalue weighted by molar-refractivity contribution is 6.34. The number of carbonyl (C=O) groups is 1. The topological polar surface area (TPSA) is 64.3 Å². The third-order valence-electron chi connectivity index (χ3n) is 2.25. The molecule has 3 N–H and O–H groups in total. The van der Waals surface area contributed by atoms with Crippen LogP contribution in [-0.4, -0.2) is 25.3 Å². The SMILES string of the molecule is Nc1ccc(NC(=O)COCCCC(F)(F)F)c(Cl)c1. The summed E-state index contributed by atoms with van der Waals surface area (Å²) in [6.45, 7) is -0.471. The Morgan fingerprint density at radius 1 is 1.40 bits per heavy atom. The van der Waals surface area contributed by atoms with Gasteiger partial charge in [-0.2, -0.15) is 13.2 Å². The number of hydrogen-bond acceptors (Lipinski definition) is 3. The third kappa shape index (κ3) is 6.63. The lowest BCUT2D eigenvalue weighted by Crippen LogP contribution is -2.19. The van der Waals surface area contributed by atoms with Gasteiger partial charge in [-0.15, -0.1) is 0 Å². The Bertz CT molecular complexity index is 467. The standard InChI is InChI=1S/C12H14ClF3N2O2/c13-9-6-8(17)2-3-10(9)18-11(19)7-20-5-1-4-12(14,15)16/h2-3,6H,1,4-5,7,17H2,(H,18,19). The van der Waals surface area contributed by atoms with Gasteiger partial charge in [0.05, 0.1) is 10.7 Å². The van der Waals surface area contributed by atoms with E-state index in [1.54, 1.807) is 6.07 Å². The van der Waals surface area contributed by atoms with Crippen LogP contribution in [0.25, 0.3) is 0 Å². The second-order valence-corrected chi connectivity index (χ2v) is 4.47. The number of ether oxygens (including phenoxy) is 1. The summed E-state index contributed by atoms with van der Waals surface area (Å²) in [5.41, 5.74) is 6.31. The summed E-state index contributed by atoms with van der Waals surface area (Å²) in [5.74, 6) is -0.497. The van der Waals surface area contributed by atoms with Crippen LogP contribution in [0.3, 0.4) is 0 Å². The van der Waals surface area contributed by atoms with Gasteiger partial charge in [0.1, 0.15) is 6.61 Å². The number of nitrogens with two attached hydrogens (primary N) is 1. The van der Waals surface area contributed by atoms with Gasteiger partial charge >= 0.3 is 6.18 Å². The molecule has 112 valence electrons. The highest BCUT2D eigenvalue weighted by atomic mass is 35.5. The summed E-state index contributed by atoms with van der Waals surface area (Å²) >= 11 is 5.85. The zero-order valence-electron chi connectivity index (χ0n) is 10.5. The van der Waals surface area contributed by atoms with Crippen LogP contribution in [0.1, 0.15) is 12.8 Å². The van der Waals surface area contributed by atoms with E-state index in [9.17, 15) is 18.0 Å². The van der Waals surface area contributed by atoms with E-state index in [1.807, 2.05) is 0 Å². The molecule has 0 aliphatic rings. The van der Waals surface area contributed by atoms with Gasteiger partial charge in [0, 0.05) is 18.7 Å². The van der Waals surface area contributed by atoms with Crippen molar-refractivity contribution in [3.63, 3.8) is 0 Å². The molecule has 0 spiro atoms. The van der Waals surface area contributed by atoms with E-state index in [2.05, 4.69) is 5.32 Å². The molecule has 8 heteroatoms. The average molecular weight is 311 g/mol. The molecule has 0 unspecified atom stereocenters. The molecule has 0 atom stereocenters. The van der Waals surface area contributed by atoms with Gasteiger partial charge in [-0.1, -0.05) is 11.6 Å². The molecule has 0 aromatic heterocycles. The van der Waals surface area contributed by atoms with Crippen molar-refractivity contribution in [2.75, 3.05) is 24.3 Å². The number of carbonyl (C=O) groups excluding carboxylic acids is 1. The average Bonchev–Trinajstić information content (AvgIpc) is 2.31. The number of rotatable bonds is 6. The summed E-state index contributed by atoms with van der Waals surface area (Å²) in [7, 11) is 0. The fourth-order valence-corrected chi connectivity index (χ4v) is 1.59. The number of alkyl halides is 3. The molecule has 0 aliphatic heterocycles. The molecule has 0 saturated heterocycles. The molecule has 4 nitrogen and oxygen atoms in total. The lowest BCUT2D eigenvalue weighted by molar-refractivity contribution is -0.138. The minimum Gasteiger partial charge on any atom is -0.399 e. The van der Waals surface area contributed by atoms with Gasteiger partial charge in [0.25, 0.3) is 0 Å². The maximum atomic E-state index is 11.8. The second kappa shape index (κ2) is 7.35. The number of halogens is 4. The molecule has 1 amide bonds. The van der Waals surface area contributed by atoms with Gasteiger partial charge in [0.15, 0.2) is 0 Å². The largest absolute Gasteiger partial charge is 0.399 e. The van der Waals surface area contributed by atoms with Crippen LogP contribution >= 0.6 is 11.6 Å². The lowest BCUT2D eigenvalue weighted by Gasteiger charge is -2.09. The first kappa shape index (κ1) is 16.6. The zero-order valence-corrected chi connectivity index (χ0v) is 11.2. The Hall–Kier alpha value is -1.47. The van der Waals surface area contributed by atoms with Crippen molar-refractivity contribution >= 4 is 28.9 Å².